The number of hydrogen-bond acceptors (Lipinski definition) is 6. The van der Waals surface area contributed by atoms with E-state index in [1.165, 1.54) is 0 Å². The normalized spacial score (nSPS) is 18.3. The summed E-state index contributed by atoms with van der Waals surface area (Å²) in [5.74, 6) is 0. The highest BCUT2D eigenvalue weighted by atomic mass is 35.5. The fourth-order valence-corrected chi connectivity index (χ4v) is 1.93. The summed E-state index contributed by atoms with van der Waals surface area (Å²) in [5, 5.41) is 0.761. The minimum Gasteiger partial charge on any atom is -0.418 e. The lowest BCUT2D eigenvalue weighted by Crippen LogP contribution is -2.39. The molecule has 0 aromatic heterocycles. The zero-order chi connectivity index (χ0) is 23.2. The van der Waals surface area contributed by atoms with Crippen molar-refractivity contribution in [1.82, 2.24) is 0 Å². The molecule has 2 rings (SSSR count). The van der Waals surface area contributed by atoms with E-state index in [9.17, 15) is 17.3 Å². The molecule has 0 unspecified atom stereocenters. The lowest BCUT2D eigenvalue weighted by Gasteiger charge is -2.09. The highest BCUT2D eigenvalue weighted by Crippen LogP contribution is 2.08. The van der Waals surface area contributed by atoms with E-state index in [-0.39, 0.29) is 0 Å². The molecule has 0 aliphatic carbocycles. The van der Waals surface area contributed by atoms with E-state index in [1.807, 2.05) is 24.3 Å². The second-order valence-electron chi connectivity index (χ2n) is 5.80. The number of quaternary nitrogens is 1. The molecule has 1 fully saturated rings. The van der Waals surface area contributed by atoms with Gasteiger partial charge in [0.05, 0.1) is 79.3 Å². The lowest BCUT2D eigenvalue weighted by atomic mass is 10.3. The molecule has 0 spiro atoms. The molecule has 182 valence electrons. The van der Waals surface area contributed by atoms with Gasteiger partial charge in [0.15, 0.2) is 0 Å². The Morgan fingerprint density at radius 1 is 0.548 bits per heavy atom. The molecule has 1 saturated heterocycles. The monoisotopic (exact) mass is 479 g/mol. The third-order valence-electron chi connectivity index (χ3n) is 3.15. The first-order chi connectivity index (χ1) is 14.8. The molecule has 1 aromatic carbocycles. The van der Waals surface area contributed by atoms with Gasteiger partial charge in [-0.05, 0) is 12.1 Å². The van der Waals surface area contributed by atoms with Crippen molar-refractivity contribution in [3.63, 3.8) is 0 Å². The highest BCUT2D eigenvalue weighted by Gasteiger charge is 2.20. The standard InChI is InChI=1S/C12H24O6.C6H6ClN.BF4/c1-2-14-5-6-16-9-10-18-12-11-17-8-7-15-4-3-13-1;7-5-1-3-6(8)4-2-5;2-1(3,4)5/h1-12H2;1-4H,8H2;/q;;-1/p+1. The second-order valence-corrected chi connectivity index (χ2v) is 6.23. The van der Waals surface area contributed by atoms with Gasteiger partial charge in [-0.3, -0.25) is 0 Å². The van der Waals surface area contributed by atoms with Crippen molar-refractivity contribution in [3.8, 4) is 0 Å². The van der Waals surface area contributed by atoms with Gasteiger partial charge < -0.3 is 51.4 Å². The van der Waals surface area contributed by atoms with Crippen LogP contribution < -0.4 is 5.73 Å². The molecule has 7 nitrogen and oxygen atoms in total. The van der Waals surface area contributed by atoms with Gasteiger partial charge in [-0.2, -0.15) is 0 Å². The van der Waals surface area contributed by atoms with Crippen LogP contribution in [0.3, 0.4) is 0 Å². The van der Waals surface area contributed by atoms with Crippen LogP contribution in [-0.4, -0.2) is 86.5 Å². The summed E-state index contributed by atoms with van der Waals surface area (Å²) in [7, 11) is -6.00. The van der Waals surface area contributed by atoms with E-state index >= 15 is 0 Å². The predicted molar refractivity (Wildman–Crippen MR) is 109 cm³/mol. The third kappa shape index (κ3) is 29.0. The first-order valence-electron chi connectivity index (χ1n) is 9.70. The highest BCUT2D eigenvalue weighted by molar-refractivity contribution is 6.50. The van der Waals surface area contributed by atoms with Crippen LogP contribution in [-0.2, 0) is 28.4 Å². The second kappa shape index (κ2) is 20.9. The number of rotatable bonds is 0. The van der Waals surface area contributed by atoms with Gasteiger partial charge in [-0.15, -0.1) is 0 Å². The van der Waals surface area contributed by atoms with Crippen LogP contribution in [0.15, 0.2) is 24.3 Å². The summed E-state index contributed by atoms with van der Waals surface area (Å²) in [6.45, 7) is 7.04. The number of ether oxygens (including phenoxy) is 6. The van der Waals surface area contributed by atoms with Crippen molar-refractivity contribution in [2.24, 2.45) is 0 Å². The lowest BCUT2D eigenvalue weighted by molar-refractivity contribution is -0.254. The van der Waals surface area contributed by atoms with Gasteiger partial charge in [0.2, 0.25) is 0 Å². The van der Waals surface area contributed by atoms with Crippen LogP contribution in [0.4, 0.5) is 23.0 Å². The van der Waals surface area contributed by atoms with E-state index in [4.69, 9.17) is 40.0 Å². The average Bonchev–Trinajstić information content (AvgIpc) is 2.70. The maximum atomic E-state index is 9.75. The first-order valence-corrected chi connectivity index (χ1v) is 10.1. The van der Waals surface area contributed by atoms with Gasteiger partial charge in [0.25, 0.3) is 0 Å². The Balaban J connectivity index is 0.000000566. The Hall–Kier alpha value is -0.985. The van der Waals surface area contributed by atoms with Gasteiger partial charge in [0, 0.05) is 17.2 Å². The Labute approximate surface area is 185 Å². The fraction of sp³-hybridized carbons (Fsp3) is 0.667. The molecule has 1 aliphatic rings. The van der Waals surface area contributed by atoms with Crippen molar-refractivity contribution in [1.29, 1.82) is 0 Å². The summed E-state index contributed by atoms with van der Waals surface area (Å²) < 4.78 is 71.0. The van der Waals surface area contributed by atoms with Crippen LogP contribution in [0.1, 0.15) is 0 Å². The van der Waals surface area contributed by atoms with Crippen molar-refractivity contribution >= 4 is 24.5 Å². The molecule has 3 N–H and O–H groups in total. The topological polar surface area (TPSA) is 83.0 Å². The van der Waals surface area contributed by atoms with E-state index in [2.05, 4.69) is 5.73 Å². The summed E-state index contributed by atoms with van der Waals surface area (Å²) in [6.07, 6.45) is 0. The number of halogens is 5. The molecular formula is C18H31BClF4NO6. The maximum absolute atomic E-state index is 9.75. The summed E-state index contributed by atoms with van der Waals surface area (Å²) >= 11 is 5.58. The summed E-state index contributed by atoms with van der Waals surface area (Å²) in [6, 6.07) is 7.40. The van der Waals surface area contributed by atoms with E-state index < -0.39 is 7.25 Å². The van der Waals surface area contributed by atoms with Crippen LogP contribution in [0.2, 0.25) is 5.02 Å². The molecule has 0 bridgehead atoms. The number of benzene rings is 1. The minimum absolute atomic E-state index is 0.586. The predicted octanol–water partition coefficient (Wildman–Crippen LogP) is 2.61. The SMILES string of the molecule is C1COCCOCCOCCOCCOCCO1.F[B-](F)(F)F.[NH3+]c1ccc(Cl)cc1. The largest absolute Gasteiger partial charge is 0.673 e. The zero-order valence-electron chi connectivity index (χ0n) is 17.4. The van der Waals surface area contributed by atoms with Gasteiger partial charge >= 0.3 is 7.25 Å². The van der Waals surface area contributed by atoms with E-state index in [0.717, 1.165) is 10.7 Å². The molecule has 1 heterocycles. The Morgan fingerprint density at radius 2 is 0.742 bits per heavy atom. The Bertz CT molecular complexity index is 415. The number of hydrogen-bond donors (Lipinski definition) is 1. The van der Waals surface area contributed by atoms with Gasteiger partial charge in [0.1, 0.15) is 5.69 Å². The maximum Gasteiger partial charge on any atom is 0.673 e. The molecular weight excluding hydrogens is 448 g/mol. The molecule has 0 radical (unpaired) electrons. The van der Waals surface area contributed by atoms with Crippen molar-refractivity contribution in [2.45, 2.75) is 0 Å². The Morgan fingerprint density at radius 3 is 0.903 bits per heavy atom. The average molecular weight is 480 g/mol. The Kier molecular flexibility index (Phi) is 20.2. The fourth-order valence-electron chi connectivity index (χ4n) is 1.80. The molecule has 31 heavy (non-hydrogen) atoms. The van der Waals surface area contributed by atoms with Crippen molar-refractivity contribution in [3.05, 3.63) is 29.3 Å². The van der Waals surface area contributed by atoms with E-state index in [0.29, 0.717) is 79.3 Å². The van der Waals surface area contributed by atoms with Crippen molar-refractivity contribution in [2.75, 3.05) is 79.3 Å². The summed E-state index contributed by atoms with van der Waals surface area (Å²) in [4.78, 5) is 0. The molecule has 0 atom stereocenters. The minimum atomic E-state index is -6.00. The molecule has 13 heteroatoms. The summed E-state index contributed by atoms with van der Waals surface area (Å²) in [5.41, 5.74) is 4.70. The smallest absolute Gasteiger partial charge is 0.418 e. The van der Waals surface area contributed by atoms with Crippen molar-refractivity contribution < 1.29 is 51.4 Å². The van der Waals surface area contributed by atoms with Crippen LogP contribution >= 0.6 is 11.6 Å². The zero-order valence-corrected chi connectivity index (χ0v) is 18.2. The van der Waals surface area contributed by atoms with Crippen LogP contribution in [0, 0.1) is 0 Å². The molecule has 0 saturated carbocycles. The molecule has 1 aliphatic heterocycles. The first kappa shape index (κ1) is 30.0. The quantitative estimate of drug-likeness (QED) is 0.455. The molecule has 1 aromatic rings. The van der Waals surface area contributed by atoms with Gasteiger partial charge in [-0.1, -0.05) is 11.6 Å². The molecule has 0 amide bonds. The third-order valence-corrected chi connectivity index (χ3v) is 3.40. The van der Waals surface area contributed by atoms with Crippen LogP contribution in [0.25, 0.3) is 0 Å². The van der Waals surface area contributed by atoms with Crippen LogP contribution in [0.5, 0.6) is 0 Å². The van der Waals surface area contributed by atoms with Gasteiger partial charge in [-0.25, -0.2) is 0 Å². The van der Waals surface area contributed by atoms with E-state index in [1.54, 1.807) is 0 Å².